The highest BCUT2D eigenvalue weighted by Crippen LogP contribution is 2.43. The van der Waals surface area contributed by atoms with Crippen LogP contribution in [0.2, 0.25) is 0 Å². The normalized spacial score (nSPS) is 12.5. The minimum atomic E-state index is -0.548. The Morgan fingerprint density at radius 2 is 1.72 bits per heavy atom. The van der Waals surface area contributed by atoms with E-state index in [1.165, 1.54) is 11.8 Å². The van der Waals surface area contributed by atoms with E-state index in [0.717, 1.165) is 11.1 Å². The lowest BCUT2D eigenvalue weighted by atomic mass is 9.89. The van der Waals surface area contributed by atoms with Crippen LogP contribution < -0.4 is 5.63 Å². The molecule has 0 radical (unpaired) electrons. The van der Waals surface area contributed by atoms with E-state index in [4.69, 9.17) is 4.42 Å². The maximum absolute atomic E-state index is 12.4. The predicted molar refractivity (Wildman–Crippen MR) is 97.2 cm³/mol. The summed E-state index contributed by atoms with van der Waals surface area (Å²) < 4.78 is 5.53. The molecule has 126 valence electrons. The number of rotatable bonds is 3. The summed E-state index contributed by atoms with van der Waals surface area (Å²) in [6.07, 6.45) is 1.12. The lowest BCUT2D eigenvalue weighted by molar-refractivity contribution is 0.416. The molecule has 0 amide bonds. The summed E-state index contributed by atoms with van der Waals surface area (Å²) in [6, 6.07) is 14.9. The minimum Gasteiger partial charge on any atom is -0.508 e. The van der Waals surface area contributed by atoms with E-state index in [1.54, 1.807) is 18.2 Å². The van der Waals surface area contributed by atoms with Gasteiger partial charge in [-0.05, 0) is 24.5 Å². The third kappa shape index (κ3) is 2.81. The zero-order valence-corrected chi connectivity index (χ0v) is 14.2. The third-order valence-corrected chi connectivity index (χ3v) is 5.53. The molecule has 2 aromatic carbocycles. The molecule has 0 fully saturated rings. The van der Waals surface area contributed by atoms with Gasteiger partial charge in [-0.15, -0.1) is 11.8 Å². The number of hydrogen-bond acceptors (Lipinski definition) is 5. The Morgan fingerprint density at radius 3 is 2.52 bits per heavy atom. The van der Waals surface area contributed by atoms with Gasteiger partial charge in [-0.25, -0.2) is 4.79 Å². The van der Waals surface area contributed by atoms with Gasteiger partial charge in [0.05, 0.1) is 0 Å². The number of phenolic OH excluding ortho intramolecular Hbond substituents is 1. The van der Waals surface area contributed by atoms with Gasteiger partial charge >= 0.3 is 5.63 Å². The molecule has 2 N–H and O–H groups in total. The van der Waals surface area contributed by atoms with Crippen LogP contribution in [-0.4, -0.2) is 10.2 Å². The number of aromatic hydroxyl groups is 2. The molecule has 1 aromatic heterocycles. The molecule has 0 unspecified atom stereocenters. The number of benzene rings is 2. The van der Waals surface area contributed by atoms with Crippen molar-refractivity contribution >= 4 is 11.8 Å². The minimum absolute atomic E-state index is 0.00109. The molecule has 4 rings (SSSR count). The van der Waals surface area contributed by atoms with E-state index in [1.807, 2.05) is 30.3 Å². The molecular weight excluding hydrogens is 336 g/mol. The second-order valence-electron chi connectivity index (χ2n) is 5.95. The summed E-state index contributed by atoms with van der Waals surface area (Å²) in [5.41, 5.74) is 2.58. The number of phenols is 1. The van der Waals surface area contributed by atoms with Crippen molar-refractivity contribution in [2.45, 2.75) is 23.5 Å². The Morgan fingerprint density at radius 1 is 0.960 bits per heavy atom. The Kier molecular flexibility index (Phi) is 4.01. The Hall–Kier alpha value is -2.66. The van der Waals surface area contributed by atoms with Crippen molar-refractivity contribution < 1.29 is 14.6 Å². The van der Waals surface area contributed by atoms with Crippen LogP contribution >= 0.6 is 11.8 Å². The Bertz CT molecular complexity index is 993. The van der Waals surface area contributed by atoms with Gasteiger partial charge < -0.3 is 14.6 Å². The maximum Gasteiger partial charge on any atom is 0.353 e. The first kappa shape index (κ1) is 15.8. The van der Waals surface area contributed by atoms with Crippen LogP contribution in [0.1, 0.15) is 16.7 Å². The fraction of sp³-hybridized carbons (Fsp3) is 0.150. The predicted octanol–water partition coefficient (Wildman–Crippen LogP) is 4.11. The molecule has 0 saturated heterocycles. The zero-order valence-electron chi connectivity index (χ0n) is 13.4. The van der Waals surface area contributed by atoms with E-state index in [-0.39, 0.29) is 16.4 Å². The van der Waals surface area contributed by atoms with Gasteiger partial charge in [0, 0.05) is 22.4 Å². The van der Waals surface area contributed by atoms with Crippen LogP contribution in [0.15, 0.2) is 62.6 Å². The van der Waals surface area contributed by atoms with E-state index >= 15 is 0 Å². The maximum atomic E-state index is 12.4. The topological polar surface area (TPSA) is 70.7 Å². The number of thioether (sulfide) groups is 1. The van der Waals surface area contributed by atoms with E-state index in [2.05, 4.69) is 0 Å². The van der Waals surface area contributed by atoms with E-state index < -0.39 is 5.63 Å². The molecule has 1 aliphatic rings. The van der Waals surface area contributed by atoms with Gasteiger partial charge in [-0.3, -0.25) is 0 Å². The summed E-state index contributed by atoms with van der Waals surface area (Å²) in [4.78, 5) is 12.7. The first-order chi connectivity index (χ1) is 12.1. The van der Waals surface area contributed by atoms with Crippen LogP contribution in [0.5, 0.6) is 11.5 Å². The SMILES string of the molecule is O=c1oc2c(c(O)c1SCc1ccccc1)CCc1c(O)cccc1-2. The van der Waals surface area contributed by atoms with Crippen LogP contribution in [0.25, 0.3) is 11.3 Å². The number of fused-ring (bicyclic) bond motifs is 3. The average Bonchev–Trinajstić information content (AvgIpc) is 2.63. The molecule has 0 aliphatic heterocycles. The molecule has 0 atom stereocenters. The standard InChI is InChI=1S/C20H16O4S/c21-16-8-4-7-14-13(16)9-10-15-17(22)19(20(23)24-18(14)15)25-11-12-5-2-1-3-6-12/h1-8,21-22H,9-11H2. The molecule has 1 aliphatic carbocycles. The van der Waals surface area contributed by atoms with Gasteiger partial charge in [-0.2, -0.15) is 0 Å². The summed E-state index contributed by atoms with van der Waals surface area (Å²) in [5, 5.41) is 20.6. The van der Waals surface area contributed by atoms with Crippen molar-refractivity contribution in [3.05, 3.63) is 75.6 Å². The lowest BCUT2D eigenvalue weighted by Gasteiger charge is -2.20. The van der Waals surface area contributed by atoms with Gasteiger partial charge in [0.15, 0.2) is 0 Å². The molecule has 5 heteroatoms. The van der Waals surface area contributed by atoms with Gasteiger partial charge in [0.1, 0.15) is 22.2 Å². The summed E-state index contributed by atoms with van der Waals surface area (Å²) in [6.45, 7) is 0. The van der Waals surface area contributed by atoms with E-state index in [9.17, 15) is 15.0 Å². The summed E-state index contributed by atoms with van der Waals surface area (Å²) in [5.74, 6) is 1.13. The van der Waals surface area contributed by atoms with Crippen LogP contribution in [0.4, 0.5) is 0 Å². The second kappa shape index (κ2) is 6.33. The largest absolute Gasteiger partial charge is 0.508 e. The lowest BCUT2D eigenvalue weighted by Crippen LogP contribution is -2.11. The van der Waals surface area contributed by atoms with Crippen LogP contribution in [-0.2, 0) is 18.6 Å². The van der Waals surface area contributed by atoms with Crippen molar-refractivity contribution in [2.24, 2.45) is 0 Å². The molecule has 0 spiro atoms. The zero-order chi connectivity index (χ0) is 17.4. The first-order valence-electron chi connectivity index (χ1n) is 8.02. The van der Waals surface area contributed by atoms with Gasteiger partial charge in [-0.1, -0.05) is 42.5 Å². The molecular formula is C20H16O4S. The summed E-state index contributed by atoms with van der Waals surface area (Å²) in [7, 11) is 0. The van der Waals surface area contributed by atoms with Crippen molar-refractivity contribution in [3.63, 3.8) is 0 Å². The fourth-order valence-corrected chi connectivity index (χ4v) is 4.07. The molecule has 3 aromatic rings. The highest BCUT2D eigenvalue weighted by molar-refractivity contribution is 7.98. The highest BCUT2D eigenvalue weighted by Gasteiger charge is 2.27. The average molecular weight is 352 g/mol. The van der Waals surface area contributed by atoms with E-state index in [0.29, 0.717) is 35.5 Å². The molecule has 0 bridgehead atoms. The smallest absolute Gasteiger partial charge is 0.353 e. The molecule has 25 heavy (non-hydrogen) atoms. The monoisotopic (exact) mass is 352 g/mol. The van der Waals surface area contributed by atoms with Crippen molar-refractivity contribution in [1.82, 2.24) is 0 Å². The number of hydrogen-bond donors (Lipinski definition) is 2. The third-order valence-electron chi connectivity index (χ3n) is 4.40. The van der Waals surface area contributed by atoms with Crippen molar-refractivity contribution in [3.8, 4) is 22.8 Å². The van der Waals surface area contributed by atoms with Crippen LogP contribution in [0.3, 0.4) is 0 Å². The quantitative estimate of drug-likeness (QED) is 0.694. The molecule has 4 nitrogen and oxygen atoms in total. The molecule has 1 heterocycles. The van der Waals surface area contributed by atoms with Crippen molar-refractivity contribution in [2.75, 3.05) is 0 Å². The Balaban J connectivity index is 1.74. The second-order valence-corrected chi connectivity index (χ2v) is 6.94. The first-order valence-corrected chi connectivity index (χ1v) is 9.00. The fourth-order valence-electron chi connectivity index (χ4n) is 3.15. The Labute approximate surface area is 148 Å². The van der Waals surface area contributed by atoms with Gasteiger partial charge in [0.25, 0.3) is 0 Å². The summed E-state index contributed by atoms with van der Waals surface area (Å²) >= 11 is 1.28. The van der Waals surface area contributed by atoms with Crippen molar-refractivity contribution in [1.29, 1.82) is 0 Å². The molecule has 0 saturated carbocycles. The highest BCUT2D eigenvalue weighted by atomic mass is 32.2. The van der Waals surface area contributed by atoms with Crippen LogP contribution in [0, 0.1) is 0 Å². The van der Waals surface area contributed by atoms with Gasteiger partial charge in [0.2, 0.25) is 0 Å².